The maximum Gasteiger partial charge on any atom is 0.316 e. The van der Waals surface area contributed by atoms with Crippen LogP contribution >= 0.6 is 0 Å². The van der Waals surface area contributed by atoms with Gasteiger partial charge in [-0.25, -0.2) is 4.39 Å². The van der Waals surface area contributed by atoms with E-state index in [9.17, 15) is 14.0 Å². The Hall–Kier alpha value is -2.35. The third-order valence-electron chi connectivity index (χ3n) is 3.22. The standard InChI is InChI=1S/C15H15FN2O2/c1-3-4-7-17-8-9-18(15(20)14(17)19)12-6-5-11(2)13(16)10-12/h5-6,10H,7-9H2,1-2H3. The van der Waals surface area contributed by atoms with Crippen molar-refractivity contribution in [3.8, 4) is 11.8 Å². The van der Waals surface area contributed by atoms with E-state index in [1.165, 1.54) is 15.9 Å². The van der Waals surface area contributed by atoms with Crippen LogP contribution in [0.2, 0.25) is 0 Å². The molecule has 104 valence electrons. The first-order chi connectivity index (χ1) is 9.54. The van der Waals surface area contributed by atoms with Gasteiger partial charge in [0.15, 0.2) is 0 Å². The van der Waals surface area contributed by atoms with Gasteiger partial charge in [0, 0.05) is 18.8 Å². The minimum Gasteiger partial charge on any atom is -0.321 e. The Morgan fingerprint density at radius 2 is 2.00 bits per heavy atom. The second-order valence-electron chi connectivity index (χ2n) is 4.54. The average molecular weight is 274 g/mol. The predicted octanol–water partition coefficient (Wildman–Crippen LogP) is 1.33. The molecule has 0 saturated carbocycles. The monoisotopic (exact) mass is 274 g/mol. The van der Waals surface area contributed by atoms with Crippen molar-refractivity contribution < 1.29 is 14.0 Å². The van der Waals surface area contributed by atoms with E-state index < -0.39 is 11.8 Å². The number of benzene rings is 1. The molecule has 0 radical (unpaired) electrons. The normalized spacial score (nSPS) is 15.2. The van der Waals surface area contributed by atoms with Crippen molar-refractivity contribution >= 4 is 17.5 Å². The second-order valence-corrected chi connectivity index (χ2v) is 4.54. The fourth-order valence-corrected chi connectivity index (χ4v) is 2.00. The summed E-state index contributed by atoms with van der Waals surface area (Å²) in [4.78, 5) is 26.7. The fourth-order valence-electron chi connectivity index (χ4n) is 2.00. The lowest BCUT2D eigenvalue weighted by Gasteiger charge is -2.32. The average Bonchev–Trinajstić information content (AvgIpc) is 2.44. The van der Waals surface area contributed by atoms with Crippen LogP contribution < -0.4 is 4.90 Å². The minimum atomic E-state index is -0.641. The summed E-state index contributed by atoms with van der Waals surface area (Å²) in [6.07, 6.45) is 0. The number of nitrogens with zero attached hydrogens (tertiary/aromatic N) is 2. The van der Waals surface area contributed by atoms with Gasteiger partial charge in [-0.3, -0.25) is 9.59 Å². The Morgan fingerprint density at radius 3 is 2.65 bits per heavy atom. The number of carbonyl (C=O) groups excluding carboxylic acids is 2. The van der Waals surface area contributed by atoms with Crippen molar-refractivity contribution in [3.63, 3.8) is 0 Å². The summed E-state index contributed by atoms with van der Waals surface area (Å²) in [6.45, 7) is 4.31. The highest BCUT2D eigenvalue weighted by molar-refractivity contribution is 6.41. The van der Waals surface area contributed by atoms with Crippen LogP contribution in [-0.2, 0) is 9.59 Å². The number of rotatable bonds is 2. The molecule has 2 amide bonds. The van der Waals surface area contributed by atoms with Gasteiger partial charge in [0.1, 0.15) is 5.82 Å². The summed E-state index contributed by atoms with van der Waals surface area (Å²) < 4.78 is 13.6. The van der Waals surface area contributed by atoms with Crippen LogP contribution in [-0.4, -0.2) is 36.3 Å². The number of carbonyl (C=O) groups is 2. The summed E-state index contributed by atoms with van der Waals surface area (Å²) in [6, 6.07) is 4.52. The van der Waals surface area contributed by atoms with Gasteiger partial charge >= 0.3 is 11.8 Å². The topological polar surface area (TPSA) is 40.6 Å². The molecule has 1 aliphatic heterocycles. The van der Waals surface area contributed by atoms with Gasteiger partial charge in [-0.2, -0.15) is 0 Å². The third kappa shape index (κ3) is 2.64. The molecule has 0 N–H and O–H groups in total. The van der Waals surface area contributed by atoms with Gasteiger partial charge in [-0.1, -0.05) is 12.0 Å². The van der Waals surface area contributed by atoms with Crippen molar-refractivity contribution in [2.45, 2.75) is 13.8 Å². The molecule has 1 fully saturated rings. The van der Waals surface area contributed by atoms with Crippen LogP contribution in [0.15, 0.2) is 18.2 Å². The summed E-state index contributed by atoms with van der Waals surface area (Å²) in [5.74, 6) is 3.83. The molecule has 1 aliphatic rings. The molecule has 5 heteroatoms. The Balaban J connectivity index is 2.19. The predicted molar refractivity (Wildman–Crippen MR) is 73.5 cm³/mol. The molecular weight excluding hydrogens is 259 g/mol. The van der Waals surface area contributed by atoms with E-state index in [4.69, 9.17) is 0 Å². The molecule has 1 aromatic rings. The Labute approximate surface area is 117 Å². The summed E-state index contributed by atoms with van der Waals surface area (Å²) in [7, 11) is 0. The van der Waals surface area contributed by atoms with E-state index in [1.807, 2.05) is 0 Å². The molecule has 0 atom stereocenters. The van der Waals surface area contributed by atoms with Crippen LogP contribution in [0.3, 0.4) is 0 Å². The summed E-state index contributed by atoms with van der Waals surface area (Å²) in [5, 5.41) is 0. The molecule has 0 aromatic heterocycles. The maximum atomic E-state index is 13.6. The number of aryl methyl sites for hydroxylation is 1. The highest BCUT2D eigenvalue weighted by atomic mass is 19.1. The molecule has 4 nitrogen and oxygen atoms in total. The molecule has 1 aromatic carbocycles. The number of halogens is 1. The lowest BCUT2D eigenvalue weighted by molar-refractivity contribution is -0.145. The van der Waals surface area contributed by atoms with Crippen LogP contribution in [0.5, 0.6) is 0 Å². The first-order valence-electron chi connectivity index (χ1n) is 6.31. The van der Waals surface area contributed by atoms with Gasteiger partial charge in [0.05, 0.1) is 6.54 Å². The number of amides is 2. The second kappa shape index (κ2) is 5.74. The Kier molecular flexibility index (Phi) is 4.04. The first-order valence-corrected chi connectivity index (χ1v) is 6.31. The molecule has 1 heterocycles. The van der Waals surface area contributed by atoms with Gasteiger partial charge in [0.25, 0.3) is 0 Å². The highest BCUT2D eigenvalue weighted by Gasteiger charge is 2.33. The minimum absolute atomic E-state index is 0.247. The van der Waals surface area contributed by atoms with Gasteiger partial charge in [-0.05, 0) is 31.5 Å². The van der Waals surface area contributed by atoms with Crippen LogP contribution in [0, 0.1) is 24.6 Å². The van der Waals surface area contributed by atoms with Gasteiger partial charge in [0.2, 0.25) is 0 Å². The first kappa shape index (κ1) is 14.1. The fraction of sp³-hybridized carbons (Fsp3) is 0.333. The Morgan fingerprint density at radius 1 is 1.25 bits per heavy atom. The van der Waals surface area contributed by atoms with Crippen molar-refractivity contribution in [2.24, 2.45) is 0 Å². The van der Waals surface area contributed by atoms with E-state index in [0.29, 0.717) is 24.3 Å². The summed E-state index contributed by atoms with van der Waals surface area (Å²) in [5.41, 5.74) is 0.914. The quantitative estimate of drug-likeness (QED) is 0.603. The molecule has 0 aliphatic carbocycles. The largest absolute Gasteiger partial charge is 0.321 e. The molecular formula is C15H15FN2O2. The molecule has 0 unspecified atom stereocenters. The molecule has 20 heavy (non-hydrogen) atoms. The van der Waals surface area contributed by atoms with Crippen LogP contribution in [0.4, 0.5) is 10.1 Å². The van der Waals surface area contributed by atoms with E-state index in [0.717, 1.165) is 0 Å². The summed E-state index contributed by atoms with van der Waals surface area (Å²) >= 11 is 0. The zero-order valence-corrected chi connectivity index (χ0v) is 11.4. The van der Waals surface area contributed by atoms with Crippen molar-refractivity contribution in [1.82, 2.24) is 4.90 Å². The Bertz CT molecular complexity index is 616. The highest BCUT2D eigenvalue weighted by Crippen LogP contribution is 2.20. The van der Waals surface area contributed by atoms with E-state index >= 15 is 0 Å². The lowest BCUT2D eigenvalue weighted by Crippen LogP contribution is -2.54. The van der Waals surface area contributed by atoms with E-state index in [2.05, 4.69) is 11.8 Å². The maximum absolute atomic E-state index is 13.6. The molecule has 1 saturated heterocycles. The zero-order valence-electron chi connectivity index (χ0n) is 11.4. The smallest absolute Gasteiger partial charge is 0.316 e. The van der Waals surface area contributed by atoms with Crippen LogP contribution in [0.1, 0.15) is 12.5 Å². The van der Waals surface area contributed by atoms with Crippen molar-refractivity contribution in [3.05, 3.63) is 29.6 Å². The number of hydrogen-bond acceptors (Lipinski definition) is 2. The number of anilines is 1. The van der Waals surface area contributed by atoms with Gasteiger partial charge < -0.3 is 9.80 Å². The molecule has 0 spiro atoms. The SMILES string of the molecule is CC#CCN1CCN(c2ccc(C)c(F)c2)C(=O)C1=O. The van der Waals surface area contributed by atoms with E-state index in [1.54, 1.807) is 26.0 Å². The van der Waals surface area contributed by atoms with Crippen LogP contribution in [0.25, 0.3) is 0 Å². The van der Waals surface area contributed by atoms with Crippen molar-refractivity contribution in [1.29, 1.82) is 0 Å². The molecule has 0 bridgehead atoms. The molecule has 2 rings (SSSR count). The zero-order chi connectivity index (χ0) is 14.7. The number of piperazine rings is 1. The van der Waals surface area contributed by atoms with Gasteiger partial charge in [-0.15, -0.1) is 5.92 Å². The lowest BCUT2D eigenvalue weighted by atomic mass is 10.1. The third-order valence-corrected chi connectivity index (χ3v) is 3.22. The number of hydrogen-bond donors (Lipinski definition) is 0. The van der Waals surface area contributed by atoms with Crippen molar-refractivity contribution in [2.75, 3.05) is 24.5 Å². The van der Waals surface area contributed by atoms with E-state index in [-0.39, 0.29) is 12.4 Å².